The van der Waals surface area contributed by atoms with E-state index in [1.165, 1.54) is 17.6 Å². The second-order valence-electron chi connectivity index (χ2n) is 4.14. The van der Waals surface area contributed by atoms with Gasteiger partial charge in [0.15, 0.2) is 0 Å². The van der Waals surface area contributed by atoms with Gasteiger partial charge < -0.3 is 10.1 Å². The summed E-state index contributed by atoms with van der Waals surface area (Å²) in [7, 11) is 1.58. The fraction of sp³-hybridized carbons (Fsp3) is 0.214. The molecule has 7 heteroatoms. The summed E-state index contributed by atoms with van der Waals surface area (Å²) in [5.74, 6) is 0.441. The molecule has 1 aromatic heterocycles. The highest BCUT2D eigenvalue weighted by Crippen LogP contribution is 2.22. The van der Waals surface area contributed by atoms with Gasteiger partial charge in [-0.05, 0) is 19.1 Å². The standard InChI is InChI=1S/C14H16N4O2S/c1-10-17-11(9-21-10)7-16-18-14(19)8-15-12-5-3-4-6-13(12)20-2/h3-7,9,15H,8H2,1-2H3,(H,18,19)/b16-7-. The zero-order valence-electron chi connectivity index (χ0n) is 11.8. The van der Waals surface area contributed by atoms with Crippen LogP contribution in [0.1, 0.15) is 10.7 Å². The van der Waals surface area contributed by atoms with Gasteiger partial charge in [-0.2, -0.15) is 5.10 Å². The average molecular weight is 304 g/mol. The van der Waals surface area contributed by atoms with Crippen molar-refractivity contribution in [2.75, 3.05) is 19.0 Å². The fourth-order valence-corrected chi connectivity index (χ4v) is 2.18. The first-order chi connectivity index (χ1) is 10.2. The lowest BCUT2D eigenvalue weighted by molar-refractivity contribution is -0.119. The van der Waals surface area contributed by atoms with Crippen LogP contribution in [0.2, 0.25) is 0 Å². The smallest absolute Gasteiger partial charge is 0.259 e. The number of aromatic nitrogens is 1. The number of hydrogen-bond acceptors (Lipinski definition) is 6. The fourth-order valence-electron chi connectivity index (χ4n) is 1.62. The van der Waals surface area contributed by atoms with Crippen LogP contribution in [0.15, 0.2) is 34.7 Å². The monoisotopic (exact) mass is 304 g/mol. The lowest BCUT2D eigenvalue weighted by Gasteiger charge is -2.09. The van der Waals surface area contributed by atoms with E-state index in [9.17, 15) is 4.79 Å². The summed E-state index contributed by atoms with van der Waals surface area (Å²) in [5.41, 5.74) is 3.93. The number of rotatable bonds is 6. The molecule has 1 amide bonds. The van der Waals surface area contributed by atoms with E-state index in [2.05, 4.69) is 20.8 Å². The number of aryl methyl sites for hydroxylation is 1. The zero-order valence-corrected chi connectivity index (χ0v) is 12.6. The molecule has 2 N–H and O–H groups in total. The number of thiazole rings is 1. The number of benzene rings is 1. The van der Waals surface area contributed by atoms with Gasteiger partial charge in [0.25, 0.3) is 5.91 Å². The molecule has 21 heavy (non-hydrogen) atoms. The normalized spacial score (nSPS) is 10.6. The topological polar surface area (TPSA) is 75.6 Å². The van der Waals surface area contributed by atoms with Crippen LogP contribution in [0.4, 0.5) is 5.69 Å². The Labute approximate surface area is 126 Å². The molecular formula is C14H16N4O2S. The molecule has 0 bridgehead atoms. The Kier molecular flexibility index (Phi) is 5.28. The minimum absolute atomic E-state index is 0.105. The van der Waals surface area contributed by atoms with E-state index >= 15 is 0 Å². The predicted molar refractivity (Wildman–Crippen MR) is 84.1 cm³/mol. The third-order valence-electron chi connectivity index (χ3n) is 2.57. The number of ether oxygens (including phenoxy) is 1. The molecule has 0 aliphatic heterocycles. The molecule has 0 radical (unpaired) electrons. The second-order valence-corrected chi connectivity index (χ2v) is 5.20. The van der Waals surface area contributed by atoms with Gasteiger partial charge in [0.05, 0.1) is 36.3 Å². The van der Waals surface area contributed by atoms with Gasteiger partial charge in [0.1, 0.15) is 5.75 Å². The van der Waals surface area contributed by atoms with Crippen molar-refractivity contribution in [2.24, 2.45) is 5.10 Å². The number of hydrogen-bond donors (Lipinski definition) is 2. The second kappa shape index (κ2) is 7.39. The molecule has 0 fully saturated rings. The van der Waals surface area contributed by atoms with E-state index in [0.29, 0.717) is 5.75 Å². The van der Waals surface area contributed by atoms with Gasteiger partial charge in [-0.25, -0.2) is 10.4 Å². The van der Waals surface area contributed by atoms with Crippen LogP contribution in [0, 0.1) is 6.92 Å². The van der Waals surface area contributed by atoms with E-state index < -0.39 is 0 Å². The van der Waals surface area contributed by atoms with Crippen molar-refractivity contribution >= 4 is 29.1 Å². The Bertz CT molecular complexity index is 639. The van der Waals surface area contributed by atoms with Crippen molar-refractivity contribution in [3.05, 3.63) is 40.3 Å². The molecule has 0 atom stereocenters. The van der Waals surface area contributed by atoms with Crippen molar-refractivity contribution in [3.63, 3.8) is 0 Å². The van der Waals surface area contributed by atoms with Crippen LogP contribution in [0.3, 0.4) is 0 Å². The molecule has 2 aromatic rings. The quantitative estimate of drug-likeness (QED) is 0.632. The minimum Gasteiger partial charge on any atom is -0.495 e. The summed E-state index contributed by atoms with van der Waals surface area (Å²) in [6, 6.07) is 7.39. The Balaban J connectivity index is 1.81. The highest BCUT2D eigenvalue weighted by Gasteiger charge is 2.03. The van der Waals surface area contributed by atoms with Crippen molar-refractivity contribution < 1.29 is 9.53 Å². The van der Waals surface area contributed by atoms with Crippen LogP contribution >= 0.6 is 11.3 Å². The SMILES string of the molecule is COc1ccccc1NCC(=O)N/N=C\c1csc(C)n1. The van der Waals surface area contributed by atoms with E-state index in [1.807, 2.05) is 36.6 Å². The summed E-state index contributed by atoms with van der Waals surface area (Å²) in [6.07, 6.45) is 1.52. The first-order valence-electron chi connectivity index (χ1n) is 6.30. The molecule has 1 heterocycles. The highest BCUT2D eigenvalue weighted by molar-refractivity contribution is 7.09. The molecule has 0 spiro atoms. The maximum Gasteiger partial charge on any atom is 0.259 e. The van der Waals surface area contributed by atoms with Crippen LogP contribution < -0.4 is 15.5 Å². The molecule has 0 aliphatic rings. The highest BCUT2D eigenvalue weighted by atomic mass is 32.1. The van der Waals surface area contributed by atoms with Gasteiger partial charge in [0.2, 0.25) is 0 Å². The van der Waals surface area contributed by atoms with Crippen LogP contribution in [-0.4, -0.2) is 30.8 Å². The number of carbonyl (C=O) groups is 1. The van der Waals surface area contributed by atoms with Gasteiger partial charge >= 0.3 is 0 Å². The molecule has 110 valence electrons. The van der Waals surface area contributed by atoms with Crippen molar-refractivity contribution in [1.29, 1.82) is 0 Å². The summed E-state index contributed by atoms with van der Waals surface area (Å²) >= 11 is 1.53. The predicted octanol–water partition coefficient (Wildman–Crippen LogP) is 2.02. The Morgan fingerprint density at radius 2 is 2.29 bits per heavy atom. The molecule has 0 saturated carbocycles. The van der Waals surface area contributed by atoms with Gasteiger partial charge in [-0.15, -0.1) is 11.3 Å². The number of nitrogens with zero attached hydrogens (tertiary/aromatic N) is 2. The number of nitrogens with one attached hydrogen (secondary N) is 2. The van der Waals surface area contributed by atoms with E-state index in [1.54, 1.807) is 7.11 Å². The van der Waals surface area contributed by atoms with Gasteiger partial charge in [-0.1, -0.05) is 12.1 Å². The number of para-hydroxylation sites is 2. The molecule has 6 nitrogen and oxygen atoms in total. The molecule has 0 saturated heterocycles. The number of methoxy groups -OCH3 is 1. The maximum atomic E-state index is 11.7. The summed E-state index contributed by atoms with van der Waals surface area (Å²) < 4.78 is 5.19. The van der Waals surface area contributed by atoms with E-state index in [0.717, 1.165) is 16.4 Å². The van der Waals surface area contributed by atoms with Gasteiger partial charge in [-0.3, -0.25) is 4.79 Å². The van der Waals surface area contributed by atoms with Crippen LogP contribution in [0.25, 0.3) is 0 Å². The molecular weight excluding hydrogens is 288 g/mol. The first kappa shape index (κ1) is 15.0. The molecule has 0 aliphatic carbocycles. The Morgan fingerprint density at radius 1 is 1.48 bits per heavy atom. The summed E-state index contributed by atoms with van der Waals surface area (Å²) in [5, 5.41) is 9.68. The van der Waals surface area contributed by atoms with Crippen LogP contribution in [0.5, 0.6) is 5.75 Å². The first-order valence-corrected chi connectivity index (χ1v) is 7.18. The van der Waals surface area contributed by atoms with Crippen molar-refractivity contribution in [1.82, 2.24) is 10.4 Å². The van der Waals surface area contributed by atoms with E-state index in [-0.39, 0.29) is 12.5 Å². The molecule has 0 unspecified atom stereocenters. The number of hydrazone groups is 1. The third kappa shape index (κ3) is 4.57. The molecule has 1 aromatic carbocycles. The Hall–Kier alpha value is -2.41. The van der Waals surface area contributed by atoms with Gasteiger partial charge in [0, 0.05) is 5.38 Å². The van der Waals surface area contributed by atoms with Crippen molar-refractivity contribution in [3.8, 4) is 5.75 Å². The minimum atomic E-state index is -0.246. The summed E-state index contributed by atoms with van der Waals surface area (Å²) in [4.78, 5) is 15.9. The lowest BCUT2D eigenvalue weighted by Crippen LogP contribution is -2.26. The third-order valence-corrected chi connectivity index (χ3v) is 3.36. The number of carbonyl (C=O) groups excluding carboxylic acids is 1. The zero-order chi connectivity index (χ0) is 15.1. The molecule has 2 rings (SSSR count). The Morgan fingerprint density at radius 3 is 3.00 bits per heavy atom. The number of anilines is 1. The number of amides is 1. The lowest BCUT2D eigenvalue weighted by atomic mass is 10.3. The van der Waals surface area contributed by atoms with E-state index in [4.69, 9.17) is 4.74 Å². The maximum absolute atomic E-state index is 11.7. The largest absolute Gasteiger partial charge is 0.495 e. The van der Waals surface area contributed by atoms with Crippen molar-refractivity contribution in [2.45, 2.75) is 6.92 Å². The average Bonchev–Trinajstić information content (AvgIpc) is 2.91. The summed E-state index contributed by atoms with van der Waals surface area (Å²) in [6.45, 7) is 2.02. The van der Waals surface area contributed by atoms with Crippen LogP contribution in [-0.2, 0) is 4.79 Å².